The van der Waals surface area contributed by atoms with Crippen LogP contribution in [-0.4, -0.2) is 40.8 Å². The Morgan fingerprint density at radius 3 is 2.90 bits per heavy atom. The number of aromatic carboxylic acids is 1. The molecule has 3 rings (SSSR count). The molecule has 0 spiro atoms. The Hall–Kier alpha value is -2.77. The van der Waals surface area contributed by atoms with Gasteiger partial charge >= 0.3 is 5.97 Å². The molecule has 0 radical (unpaired) electrons. The van der Waals surface area contributed by atoms with Gasteiger partial charge in [-0.1, -0.05) is 5.21 Å². The molecule has 0 aliphatic rings. The monoisotopic (exact) mass is 272 g/mol. The summed E-state index contributed by atoms with van der Waals surface area (Å²) < 4.78 is 3.51. The van der Waals surface area contributed by atoms with E-state index < -0.39 is 5.97 Å². The molecule has 0 aliphatic carbocycles. The van der Waals surface area contributed by atoms with Crippen LogP contribution in [0.4, 0.5) is 0 Å². The fraction of sp³-hybridized carbons (Fsp3) is 0.250. The number of nitrogens with zero attached hydrogens (tertiary/aromatic N) is 6. The van der Waals surface area contributed by atoms with Crippen molar-refractivity contribution in [3.8, 4) is 0 Å². The van der Waals surface area contributed by atoms with Crippen LogP contribution in [0.5, 0.6) is 0 Å². The lowest BCUT2D eigenvalue weighted by Crippen LogP contribution is -2.07. The van der Waals surface area contributed by atoms with Crippen LogP contribution >= 0.6 is 0 Å². The normalized spacial score (nSPS) is 11.1. The highest BCUT2D eigenvalue weighted by Gasteiger charge is 2.10. The Balaban J connectivity index is 1.89. The van der Waals surface area contributed by atoms with Crippen molar-refractivity contribution in [3.05, 3.63) is 35.9 Å². The van der Waals surface area contributed by atoms with Crippen molar-refractivity contribution in [2.45, 2.75) is 13.0 Å². The van der Waals surface area contributed by atoms with E-state index in [1.807, 2.05) is 11.6 Å². The first-order valence-corrected chi connectivity index (χ1v) is 6.04. The van der Waals surface area contributed by atoms with E-state index in [0.717, 1.165) is 5.82 Å². The Kier molecular flexibility index (Phi) is 2.90. The summed E-state index contributed by atoms with van der Waals surface area (Å²) in [5.41, 5.74) is 1.60. The number of benzene rings is 1. The fourth-order valence-electron chi connectivity index (χ4n) is 2.00. The van der Waals surface area contributed by atoms with Crippen molar-refractivity contribution in [1.82, 2.24) is 29.8 Å². The first-order chi connectivity index (χ1) is 9.65. The van der Waals surface area contributed by atoms with Crippen molar-refractivity contribution >= 4 is 17.0 Å². The largest absolute Gasteiger partial charge is 0.478 e. The lowest BCUT2D eigenvalue weighted by Gasteiger charge is -2.02. The van der Waals surface area contributed by atoms with Crippen LogP contribution in [0.15, 0.2) is 24.5 Å². The molecule has 0 fully saturated rings. The molecule has 0 unspecified atom stereocenters. The van der Waals surface area contributed by atoms with Gasteiger partial charge in [0.25, 0.3) is 0 Å². The topological polar surface area (TPSA) is 98.7 Å². The Bertz CT molecular complexity index is 775. The third-order valence-corrected chi connectivity index (χ3v) is 3.11. The van der Waals surface area contributed by atoms with Crippen LogP contribution < -0.4 is 0 Å². The van der Waals surface area contributed by atoms with Crippen molar-refractivity contribution in [2.75, 3.05) is 0 Å². The van der Waals surface area contributed by atoms with Crippen LogP contribution in [0.3, 0.4) is 0 Å². The number of carboxylic acid groups (broad SMARTS) is 1. The third-order valence-electron chi connectivity index (χ3n) is 3.11. The molecule has 2 heterocycles. The van der Waals surface area contributed by atoms with Gasteiger partial charge < -0.3 is 9.67 Å². The lowest BCUT2D eigenvalue weighted by atomic mass is 10.2. The Morgan fingerprint density at radius 1 is 1.35 bits per heavy atom. The Morgan fingerprint density at radius 2 is 2.20 bits per heavy atom. The highest BCUT2D eigenvalue weighted by molar-refractivity contribution is 5.92. The molecule has 1 N–H and O–H groups in total. The van der Waals surface area contributed by atoms with E-state index in [4.69, 9.17) is 5.11 Å². The number of hydrogen-bond acceptors (Lipinski definition) is 5. The molecule has 0 saturated heterocycles. The minimum Gasteiger partial charge on any atom is -0.478 e. The van der Waals surface area contributed by atoms with Crippen LogP contribution in [0, 0.1) is 0 Å². The number of aromatic nitrogens is 6. The summed E-state index contributed by atoms with van der Waals surface area (Å²) in [5.74, 6) is -0.129. The van der Waals surface area contributed by atoms with Crippen LogP contribution in [0.25, 0.3) is 11.0 Å². The van der Waals surface area contributed by atoms with E-state index in [1.54, 1.807) is 23.1 Å². The maximum atomic E-state index is 11.0. The highest BCUT2D eigenvalue weighted by atomic mass is 16.4. The van der Waals surface area contributed by atoms with Gasteiger partial charge in [0.05, 0.1) is 17.6 Å². The lowest BCUT2D eigenvalue weighted by molar-refractivity contribution is 0.0697. The molecule has 102 valence electrons. The summed E-state index contributed by atoms with van der Waals surface area (Å²) in [5, 5.41) is 24.9. The highest BCUT2D eigenvalue weighted by Crippen LogP contribution is 2.14. The molecule has 0 aliphatic heterocycles. The molecule has 8 nitrogen and oxygen atoms in total. The smallest absolute Gasteiger partial charge is 0.335 e. The van der Waals surface area contributed by atoms with E-state index in [1.165, 1.54) is 6.07 Å². The first kappa shape index (κ1) is 12.3. The minimum absolute atomic E-state index is 0.222. The van der Waals surface area contributed by atoms with Gasteiger partial charge in [-0.15, -0.1) is 15.3 Å². The fourth-order valence-corrected chi connectivity index (χ4v) is 2.00. The van der Waals surface area contributed by atoms with E-state index in [9.17, 15) is 4.79 Å². The molecule has 0 amide bonds. The number of aryl methyl sites for hydroxylation is 3. The average Bonchev–Trinajstić information content (AvgIpc) is 3.02. The van der Waals surface area contributed by atoms with Gasteiger partial charge in [-0.2, -0.15) is 0 Å². The predicted molar refractivity (Wildman–Crippen MR) is 69.2 cm³/mol. The van der Waals surface area contributed by atoms with Gasteiger partial charge in [0, 0.05) is 13.5 Å². The van der Waals surface area contributed by atoms with Crippen LogP contribution in [0.1, 0.15) is 16.2 Å². The zero-order chi connectivity index (χ0) is 14.1. The van der Waals surface area contributed by atoms with Crippen LogP contribution in [-0.2, 0) is 20.0 Å². The number of carbonyl (C=O) groups is 1. The molecule has 3 aromatic rings. The number of carboxylic acids is 1. The zero-order valence-corrected chi connectivity index (χ0v) is 10.8. The van der Waals surface area contributed by atoms with Crippen molar-refractivity contribution in [3.63, 3.8) is 0 Å². The standard InChI is InChI=1S/C12H12N6O2/c1-17-7-13-15-11(17)4-5-18-10-6-8(12(19)20)2-3-9(10)14-16-18/h2-3,6-7H,4-5H2,1H3,(H,19,20). The van der Waals surface area contributed by atoms with Crippen molar-refractivity contribution in [1.29, 1.82) is 0 Å². The summed E-state index contributed by atoms with van der Waals surface area (Å²) in [6.45, 7) is 0.562. The summed E-state index contributed by atoms with van der Waals surface area (Å²) in [6.07, 6.45) is 2.28. The maximum Gasteiger partial charge on any atom is 0.335 e. The number of hydrogen-bond donors (Lipinski definition) is 1. The second kappa shape index (κ2) is 4.72. The molecular weight excluding hydrogens is 260 g/mol. The van der Waals surface area contributed by atoms with Gasteiger partial charge in [-0.05, 0) is 18.2 Å². The van der Waals surface area contributed by atoms with Gasteiger partial charge in [-0.3, -0.25) is 0 Å². The average molecular weight is 272 g/mol. The second-order valence-electron chi connectivity index (χ2n) is 4.43. The van der Waals surface area contributed by atoms with Crippen LogP contribution in [0.2, 0.25) is 0 Å². The summed E-state index contributed by atoms with van der Waals surface area (Å²) in [7, 11) is 1.87. The summed E-state index contributed by atoms with van der Waals surface area (Å²) >= 11 is 0. The SMILES string of the molecule is Cn1cnnc1CCn1nnc2ccc(C(=O)O)cc21. The Labute approximate surface area is 113 Å². The van der Waals surface area contributed by atoms with Gasteiger partial charge in [0.1, 0.15) is 17.7 Å². The molecule has 2 aromatic heterocycles. The van der Waals surface area contributed by atoms with E-state index in [-0.39, 0.29) is 5.56 Å². The summed E-state index contributed by atoms with van der Waals surface area (Å²) in [4.78, 5) is 11.0. The maximum absolute atomic E-state index is 11.0. The number of rotatable bonds is 4. The van der Waals surface area contributed by atoms with Gasteiger partial charge in [0.15, 0.2) is 0 Å². The first-order valence-electron chi connectivity index (χ1n) is 6.04. The van der Waals surface area contributed by atoms with Gasteiger partial charge in [-0.25, -0.2) is 9.48 Å². The molecule has 0 saturated carbocycles. The molecule has 20 heavy (non-hydrogen) atoms. The van der Waals surface area contributed by atoms with E-state index >= 15 is 0 Å². The summed E-state index contributed by atoms with van der Waals surface area (Å²) in [6, 6.07) is 4.76. The zero-order valence-electron chi connectivity index (χ0n) is 10.8. The second-order valence-corrected chi connectivity index (χ2v) is 4.43. The van der Waals surface area contributed by atoms with E-state index in [2.05, 4.69) is 20.5 Å². The number of fused-ring (bicyclic) bond motifs is 1. The third kappa shape index (κ3) is 2.11. The molecule has 0 bridgehead atoms. The van der Waals surface area contributed by atoms with Crippen molar-refractivity contribution in [2.24, 2.45) is 7.05 Å². The molecule has 8 heteroatoms. The predicted octanol–water partition coefficient (Wildman–Crippen LogP) is 0.501. The van der Waals surface area contributed by atoms with E-state index in [0.29, 0.717) is 24.0 Å². The van der Waals surface area contributed by atoms with Crippen molar-refractivity contribution < 1.29 is 9.90 Å². The van der Waals surface area contributed by atoms with Gasteiger partial charge in [0.2, 0.25) is 0 Å². The molecule has 0 atom stereocenters. The quantitative estimate of drug-likeness (QED) is 0.742. The molecular formula is C12H12N6O2. The molecule has 1 aromatic carbocycles. The minimum atomic E-state index is -0.965.